The number of imide groups is 1. The van der Waals surface area contributed by atoms with Gasteiger partial charge in [0.25, 0.3) is 11.8 Å². The number of amides is 2. The van der Waals surface area contributed by atoms with Gasteiger partial charge in [-0.05, 0) is 48.6 Å². The zero-order valence-corrected chi connectivity index (χ0v) is 18.2. The van der Waals surface area contributed by atoms with E-state index in [1.807, 2.05) is 4.90 Å². The van der Waals surface area contributed by atoms with Gasteiger partial charge < -0.3 is 4.90 Å². The van der Waals surface area contributed by atoms with Crippen molar-refractivity contribution in [3.05, 3.63) is 69.6 Å². The maximum atomic E-state index is 13.8. The maximum absolute atomic E-state index is 13.8. The van der Waals surface area contributed by atoms with E-state index in [9.17, 15) is 14.0 Å². The average molecular weight is 447 g/mol. The lowest BCUT2D eigenvalue weighted by atomic mass is 9.91. The van der Waals surface area contributed by atoms with Crippen LogP contribution in [0, 0.1) is 17.7 Å². The van der Waals surface area contributed by atoms with Crippen LogP contribution in [0.25, 0.3) is 5.57 Å². The van der Waals surface area contributed by atoms with Crippen molar-refractivity contribution in [2.45, 2.75) is 20.3 Å². The smallest absolute Gasteiger partial charge is 0.282 e. The molecule has 7 heteroatoms. The van der Waals surface area contributed by atoms with Gasteiger partial charge in [-0.2, -0.15) is 0 Å². The van der Waals surface area contributed by atoms with Crippen molar-refractivity contribution >= 4 is 46.3 Å². The van der Waals surface area contributed by atoms with Crippen LogP contribution in [0.2, 0.25) is 10.0 Å². The van der Waals surface area contributed by atoms with Crippen molar-refractivity contribution in [2.24, 2.45) is 11.8 Å². The minimum atomic E-state index is -0.521. The molecule has 2 unspecified atom stereocenters. The summed E-state index contributed by atoms with van der Waals surface area (Å²) in [6.07, 6.45) is 1.05. The van der Waals surface area contributed by atoms with Gasteiger partial charge in [0, 0.05) is 23.7 Å². The molecule has 4 nitrogen and oxygen atoms in total. The molecule has 0 spiro atoms. The summed E-state index contributed by atoms with van der Waals surface area (Å²) in [5.41, 5.74) is 1.18. The van der Waals surface area contributed by atoms with E-state index in [4.69, 9.17) is 23.2 Å². The normalized spacial score (nSPS) is 22.3. The molecule has 2 atom stereocenters. The molecule has 2 amide bonds. The number of likely N-dealkylation sites (tertiary alicyclic amines) is 1. The second-order valence-corrected chi connectivity index (χ2v) is 8.97. The standard InChI is InChI=1S/C23H21Cl2FN2O2/c1-13-8-14(2)12-27(11-13)21-20(18-7-6-15(24)9-19(18)25)22(29)28(23(21)30)17-5-3-4-16(26)10-17/h3-7,9-10,13-14H,8,11-12H2,1-2H3. The topological polar surface area (TPSA) is 40.6 Å². The third-order valence-electron chi connectivity index (χ3n) is 5.51. The highest BCUT2D eigenvalue weighted by atomic mass is 35.5. The van der Waals surface area contributed by atoms with Crippen LogP contribution in [-0.4, -0.2) is 29.8 Å². The van der Waals surface area contributed by atoms with Crippen LogP contribution in [0.5, 0.6) is 0 Å². The summed E-state index contributed by atoms with van der Waals surface area (Å²) in [5, 5.41) is 0.722. The van der Waals surface area contributed by atoms with E-state index in [-0.39, 0.29) is 16.3 Å². The zero-order valence-electron chi connectivity index (χ0n) is 16.7. The number of piperidine rings is 1. The summed E-state index contributed by atoms with van der Waals surface area (Å²) in [7, 11) is 0. The molecule has 0 saturated carbocycles. The Morgan fingerprint density at radius 1 is 0.967 bits per heavy atom. The largest absolute Gasteiger partial charge is 0.366 e. The minimum Gasteiger partial charge on any atom is -0.366 e. The molecule has 0 aromatic heterocycles. The van der Waals surface area contributed by atoms with E-state index in [0.29, 0.717) is 41.2 Å². The molecular weight excluding hydrogens is 426 g/mol. The maximum Gasteiger partial charge on any atom is 0.282 e. The van der Waals surface area contributed by atoms with Gasteiger partial charge in [0.05, 0.1) is 16.3 Å². The highest BCUT2D eigenvalue weighted by molar-refractivity contribution is 6.47. The van der Waals surface area contributed by atoms with Gasteiger partial charge >= 0.3 is 0 Å². The Morgan fingerprint density at radius 3 is 2.30 bits per heavy atom. The van der Waals surface area contributed by atoms with E-state index in [0.717, 1.165) is 11.3 Å². The van der Waals surface area contributed by atoms with E-state index >= 15 is 0 Å². The molecular formula is C23H21Cl2FN2O2. The lowest BCUT2D eigenvalue weighted by Crippen LogP contribution is -2.42. The third-order valence-corrected chi connectivity index (χ3v) is 6.06. The number of carbonyl (C=O) groups is 2. The van der Waals surface area contributed by atoms with Gasteiger partial charge in [0.15, 0.2) is 0 Å². The second kappa shape index (κ2) is 8.05. The molecule has 2 aromatic rings. The van der Waals surface area contributed by atoms with Crippen molar-refractivity contribution in [1.82, 2.24) is 4.90 Å². The molecule has 30 heavy (non-hydrogen) atoms. The lowest BCUT2D eigenvalue weighted by molar-refractivity contribution is -0.120. The quantitative estimate of drug-likeness (QED) is 0.592. The summed E-state index contributed by atoms with van der Waals surface area (Å²) >= 11 is 12.5. The fourth-order valence-corrected chi connectivity index (χ4v) is 4.94. The van der Waals surface area contributed by atoms with Crippen LogP contribution in [0.1, 0.15) is 25.8 Å². The molecule has 4 rings (SSSR count). The van der Waals surface area contributed by atoms with E-state index in [1.165, 1.54) is 18.2 Å². The second-order valence-electron chi connectivity index (χ2n) is 8.12. The van der Waals surface area contributed by atoms with E-state index in [1.54, 1.807) is 24.3 Å². The molecule has 2 aliphatic heterocycles. The van der Waals surface area contributed by atoms with Crippen LogP contribution in [0.15, 0.2) is 48.2 Å². The number of hydrogen-bond acceptors (Lipinski definition) is 3. The molecule has 0 radical (unpaired) electrons. The molecule has 0 aliphatic carbocycles. The third kappa shape index (κ3) is 3.72. The summed E-state index contributed by atoms with van der Waals surface area (Å²) in [4.78, 5) is 30.0. The lowest BCUT2D eigenvalue weighted by Gasteiger charge is -2.37. The highest BCUT2D eigenvalue weighted by Gasteiger charge is 2.44. The van der Waals surface area contributed by atoms with Crippen molar-refractivity contribution in [3.8, 4) is 0 Å². The molecule has 0 bridgehead atoms. The Hall–Kier alpha value is -2.37. The highest BCUT2D eigenvalue weighted by Crippen LogP contribution is 2.39. The molecule has 2 aliphatic rings. The SMILES string of the molecule is CC1CC(C)CN(C2=C(c3ccc(Cl)cc3Cl)C(=O)N(c3cccc(F)c3)C2=O)C1. The monoisotopic (exact) mass is 446 g/mol. The Balaban J connectivity index is 1.88. The summed E-state index contributed by atoms with van der Waals surface area (Å²) in [6, 6.07) is 10.3. The molecule has 2 aromatic carbocycles. The molecule has 156 valence electrons. The van der Waals surface area contributed by atoms with Gasteiger partial charge in [-0.3, -0.25) is 9.59 Å². The van der Waals surface area contributed by atoms with Gasteiger partial charge in [0.1, 0.15) is 11.5 Å². The summed E-state index contributed by atoms with van der Waals surface area (Å²) in [6.45, 7) is 5.57. The van der Waals surface area contributed by atoms with Crippen LogP contribution in [0.4, 0.5) is 10.1 Å². The zero-order chi connectivity index (χ0) is 21.6. The Kier molecular flexibility index (Phi) is 5.60. The van der Waals surface area contributed by atoms with Crippen molar-refractivity contribution in [3.63, 3.8) is 0 Å². The van der Waals surface area contributed by atoms with E-state index in [2.05, 4.69) is 13.8 Å². The Labute approximate surface area is 184 Å². The van der Waals surface area contributed by atoms with Crippen LogP contribution in [0.3, 0.4) is 0 Å². The van der Waals surface area contributed by atoms with Gasteiger partial charge in [-0.1, -0.05) is 49.2 Å². The fourth-order valence-electron chi connectivity index (χ4n) is 4.44. The number of rotatable bonds is 3. The predicted molar refractivity (Wildman–Crippen MR) is 117 cm³/mol. The average Bonchev–Trinajstić information content (AvgIpc) is 2.91. The molecule has 1 fully saturated rings. The molecule has 1 saturated heterocycles. The fraction of sp³-hybridized carbons (Fsp3) is 0.304. The minimum absolute atomic E-state index is 0.195. The van der Waals surface area contributed by atoms with Crippen LogP contribution in [-0.2, 0) is 9.59 Å². The van der Waals surface area contributed by atoms with Crippen molar-refractivity contribution < 1.29 is 14.0 Å². The van der Waals surface area contributed by atoms with Gasteiger partial charge in [-0.15, -0.1) is 0 Å². The van der Waals surface area contributed by atoms with E-state index < -0.39 is 17.6 Å². The van der Waals surface area contributed by atoms with Gasteiger partial charge in [-0.25, -0.2) is 9.29 Å². The van der Waals surface area contributed by atoms with Gasteiger partial charge in [0.2, 0.25) is 0 Å². The first kappa shape index (κ1) is 20.9. The van der Waals surface area contributed by atoms with Crippen LogP contribution >= 0.6 is 23.2 Å². The summed E-state index contributed by atoms with van der Waals surface area (Å²) in [5.74, 6) is -0.764. The first-order valence-corrected chi connectivity index (χ1v) is 10.6. The number of hydrogen-bond donors (Lipinski definition) is 0. The molecule has 2 heterocycles. The van der Waals surface area contributed by atoms with Crippen LogP contribution < -0.4 is 4.90 Å². The van der Waals surface area contributed by atoms with Crippen molar-refractivity contribution in [1.29, 1.82) is 0 Å². The summed E-state index contributed by atoms with van der Waals surface area (Å²) < 4.78 is 13.8. The first-order valence-electron chi connectivity index (χ1n) is 9.85. The number of nitrogens with zero attached hydrogens (tertiary/aromatic N) is 2. The number of benzene rings is 2. The number of halogens is 3. The van der Waals surface area contributed by atoms with Crippen molar-refractivity contribution in [2.75, 3.05) is 18.0 Å². The number of anilines is 1. The Morgan fingerprint density at radius 2 is 1.67 bits per heavy atom. The molecule has 0 N–H and O–H groups in total. The first-order chi connectivity index (χ1) is 14.3. The number of carbonyl (C=O) groups excluding carboxylic acids is 2. The Bertz CT molecular complexity index is 1060. The predicted octanol–water partition coefficient (Wildman–Crippen LogP) is 5.39.